The number of nitriles is 1. The van der Waals surface area contributed by atoms with Crippen LogP contribution in [0, 0.1) is 11.3 Å². The van der Waals surface area contributed by atoms with Crippen molar-refractivity contribution in [3.63, 3.8) is 0 Å². The Balaban J connectivity index is 1.51. The first-order valence-electron chi connectivity index (χ1n) is 8.81. The molecule has 2 aliphatic heterocycles. The number of piperidine rings is 1. The normalized spacial score (nSPS) is 30.3. The lowest BCUT2D eigenvalue weighted by Gasteiger charge is -2.48. The summed E-state index contributed by atoms with van der Waals surface area (Å²) in [5.74, 6) is 0. The van der Waals surface area contributed by atoms with Crippen molar-refractivity contribution < 1.29 is 0 Å². The quantitative estimate of drug-likeness (QED) is 0.931. The summed E-state index contributed by atoms with van der Waals surface area (Å²) in [7, 11) is 0. The maximum absolute atomic E-state index is 9.17. The fourth-order valence-electron chi connectivity index (χ4n) is 4.68. The van der Waals surface area contributed by atoms with Crippen molar-refractivity contribution in [2.75, 3.05) is 13.1 Å². The number of hydrogen-bond donors (Lipinski definition) is 1. The van der Waals surface area contributed by atoms with Crippen molar-refractivity contribution in [1.29, 1.82) is 5.26 Å². The number of fused-ring (bicyclic) bond motifs is 1. The molecule has 0 spiro atoms. The highest BCUT2D eigenvalue weighted by Gasteiger charge is 2.42. The lowest BCUT2D eigenvalue weighted by molar-refractivity contribution is 0.106. The zero-order valence-electron chi connectivity index (χ0n) is 13.2. The predicted molar refractivity (Wildman–Crippen MR) is 87.4 cm³/mol. The Hall–Kier alpha value is -1.37. The summed E-state index contributed by atoms with van der Waals surface area (Å²) in [5.41, 5.74) is 2.25. The molecule has 4 rings (SSSR count). The molecule has 2 saturated heterocycles. The molecule has 3 nitrogen and oxygen atoms in total. The molecule has 2 unspecified atom stereocenters. The van der Waals surface area contributed by atoms with Crippen molar-refractivity contribution in [2.24, 2.45) is 0 Å². The van der Waals surface area contributed by atoms with Gasteiger partial charge in [0.2, 0.25) is 0 Å². The Bertz CT molecular complexity index is 585. The van der Waals surface area contributed by atoms with Gasteiger partial charge in [0.25, 0.3) is 0 Å². The average molecular weight is 295 g/mol. The van der Waals surface area contributed by atoms with Gasteiger partial charge >= 0.3 is 0 Å². The van der Waals surface area contributed by atoms with Crippen molar-refractivity contribution in [3.05, 3.63) is 35.4 Å². The monoisotopic (exact) mass is 295 g/mol. The van der Waals surface area contributed by atoms with E-state index in [-0.39, 0.29) is 5.54 Å². The van der Waals surface area contributed by atoms with Crippen LogP contribution in [0.25, 0.3) is 0 Å². The average Bonchev–Trinajstić information content (AvgIpc) is 2.98. The Morgan fingerprint density at radius 3 is 2.86 bits per heavy atom. The van der Waals surface area contributed by atoms with Gasteiger partial charge in [-0.25, -0.2) is 0 Å². The van der Waals surface area contributed by atoms with Gasteiger partial charge in [-0.1, -0.05) is 12.1 Å². The SMILES string of the molecule is N#Cc1cccc(C2(NC3CCN4CCCC4C3)CCC2)c1. The van der Waals surface area contributed by atoms with E-state index >= 15 is 0 Å². The standard InChI is InChI=1S/C19H25N3/c20-14-15-4-1-5-16(12-15)19(8-3-9-19)21-17-7-11-22-10-2-6-18(22)13-17/h1,4-5,12,17-18,21H,2-3,6-11,13H2. The highest BCUT2D eigenvalue weighted by atomic mass is 15.2. The molecular formula is C19H25N3. The van der Waals surface area contributed by atoms with Crippen molar-refractivity contribution in [3.8, 4) is 6.07 Å². The molecule has 3 aliphatic rings. The van der Waals surface area contributed by atoms with E-state index in [1.54, 1.807) is 0 Å². The van der Waals surface area contributed by atoms with Crippen LogP contribution >= 0.6 is 0 Å². The van der Waals surface area contributed by atoms with Gasteiger partial charge in [0, 0.05) is 17.6 Å². The molecule has 22 heavy (non-hydrogen) atoms. The zero-order chi connectivity index (χ0) is 15.0. The fourth-order valence-corrected chi connectivity index (χ4v) is 4.68. The third kappa shape index (κ3) is 2.45. The van der Waals surface area contributed by atoms with E-state index in [4.69, 9.17) is 5.26 Å². The van der Waals surface area contributed by atoms with E-state index in [9.17, 15) is 0 Å². The third-order valence-corrected chi connectivity index (χ3v) is 6.05. The topological polar surface area (TPSA) is 39.1 Å². The summed E-state index contributed by atoms with van der Waals surface area (Å²) in [4.78, 5) is 2.68. The Morgan fingerprint density at radius 2 is 2.09 bits per heavy atom. The van der Waals surface area contributed by atoms with E-state index < -0.39 is 0 Å². The fraction of sp³-hybridized carbons (Fsp3) is 0.632. The summed E-state index contributed by atoms with van der Waals surface area (Å²) in [6.45, 7) is 2.57. The molecule has 0 aromatic heterocycles. The predicted octanol–water partition coefficient (Wildman–Crippen LogP) is 3.15. The second-order valence-electron chi connectivity index (χ2n) is 7.33. The summed E-state index contributed by atoms with van der Waals surface area (Å²) < 4.78 is 0. The first-order chi connectivity index (χ1) is 10.8. The number of nitrogens with one attached hydrogen (secondary N) is 1. The summed E-state index contributed by atoms with van der Waals surface area (Å²) in [6.07, 6.45) is 9.07. The second-order valence-corrected chi connectivity index (χ2v) is 7.33. The van der Waals surface area contributed by atoms with E-state index in [0.717, 1.165) is 11.6 Å². The van der Waals surface area contributed by atoms with Crippen LogP contribution in [0.5, 0.6) is 0 Å². The molecule has 1 aromatic carbocycles. The molecule has 1 aliphatic carbocycles. The van der Waals surface area contributed by atoms with Crippen LogP contribution in [0.3, 0.4) is 0 Å². The largest absolute Gasteiger partial charge is 0.304 e. The van der Waals surface area contributed by atoms with Crippen LogP contribution in [0.15, 0.2) is 24.3 Å². The highest BCUT2D eigenvalue weighted by molar-refractivity contribution is 5.37. The van der Waals surface area contributed by atoms with Crippen molar-refractivity contribution in [1.82, 2.24) is 10.2 Å². The molecule has 2 heterocycles. The summed E-state index contributed by atoms with van der Waals surface area (Å²) >= 11 is 0. The van der Waals surface area contributed by atoms with Gasteiger partial charge in [0.05, 0.1) is 11.6 Å². The number of hydrogen-bond acceptors (Lipinski definition) is 3. The lowest BCUT2D eigenvalue weighted by Crippen LogP contribution is -2.56. The van der Waals surface area contributed by atoms with Crippen LogP contribution in [0.4, 0.5) is 0 Å². The van der Waals surface area contributed by atoms with Gasteiger partial charge < -0.3 is 10.2 Å². The van der Waals surface area contributed by atoms with E-state index in [1.165, 1.54) is 63.6 Å². The zero-order valence-corrected chi connectivity index (χ0v) is 13.2. The maximum Gasteiger partial charge on any atom is 0.0991 e. The van der Waals surface area contributed by atoms with Crippen molar-refractivity contribution >= 4 is 0 Å². The second kappa shape index (κ2) is 5.68. The lowest BCUT2D eigenvalue weighted by atomic mass is 9.70. The minimum absolute atomic E-state index is 0.137. The van der Waals surface area contributed by atoms with Gasteiger partial charge in [-0.15, -0.1) is 0 Å². The van der Waals surface area contributed by atoms with E-state index in [0.29, 0.717) is 6.04 Å². The van der Waals surface area contributed by atoms with Gasteiger partial charge in [-0.3, -0.25) is 0 Å². The first-order valence-corrected chi connectivity index (χ1v) is 8.81. The summed E-state index contributed by atoms with van der Waals surface area (Å²) in [5, 5.41) is 13.2. The van der Waals surface area contributed by atoms with Crippen molar-refractivity contribution in [2.45, 2.75) is 62.6 Å². The Labute approximate surface area is 133 Å². The minimum Gasteiger partial charge on any atom is -0.304 e. The molecule has 3 heteroatoms. The molecule has 0 amide bonds. The molecule has 0 radical (unpaired) electrons. The van der Waals surface area contributed by atoms with Crippen LogP contribution in [0.1, 0.15) is 56.1 Å². The summed E-state index contributed by atoms with van der Waals surface area (Å²) in [6, 6.07) is 12.0. The van der Waals surface area contributed by atoms with Gasteiger partial charge in [0.15, 0.2) is 0 Å². The molecular weight excluding hydrogens is 270 g/mol. The van der Waals surface area contributed by atoms with Crippen LogP contribution in [-0.4, -0.2) is 30.1 Å². The maximum atomic E-state index is 9.17. The molecule has 0 bridgehead atoms. The molecule has 2 atom stereocenters. The Morgan fingerprint density at radius 1 is 1.18 bits per heavy atom. The number of benzene rings is 1. The van der Waals surface area contributed by atoms with E-state index in [2.05, 4.69) is 28.4 Å². The molecule has 1 aromatic rings. The highest BCUT2D eigenvalue weighted by Crippen LogP contribution is 2.43. The van der Waals surface area contributed by atoms with Gasteiger partial charge in [-0.2, -0.15) is 5.26 Å². The van der Waals surface area contributed by atoms with Crippen LogP contribution in [-0.2, 0) is 5.54 Å². The molecule has 3 fully saturated rings. The third-order valence-electron chi connectivity index (χ3n) is 6.05. The number of rotatable bonds is 3. The minimum atomic E-state index is 0.137. The smallest absolute Gasteiger partial charge is 0.0991 e. The Kier molecular flexibility index (Phi) is 3.68. The molecule has 116 valence electrons. The van der Waals surface area contributed by atoms with Crippen LogP contribution in [0.2, 0.25) is 0 Å². The molecule has 1 N–H and O–H groups in total. The van der Waals surface area contributed by atoms with E-state index in [1.807, 2.05) is 12.1 Å². The first kappa shape index (κ1) is 14.2. The van der Waals surface area contributed by atoms with Gasteiger partial charge in [0.1, 0.15) is 0 Å². The van der Waals surface area contributed by atoms with Gasteiger partial charge in [-0.05, 0) is 75.7 Å². The molecule has 1 saturated carbocycles. The number of nitrogens with zero attached hydrogens (tertiary/aromatic N) is 2. The van der Waals surface area contributed by atoms with Crippen LogP contribution < -0.4 is 5.32 Å².